The van der Waals surface area contributed by atoms with Crippen molar-refractivity contribution in [3.05, 3.63) is 59.6 Å². The number of carbonyl (C=O) groups excluding carboxylic acids is 1. The van der Waals surface area contributed by atoms with E-state index in [4.69, 9.17) is 25.9 Å². The van der Waals surface area contributed by atoms with Gasteiger partial charge in [-0.3, -0.25) is 9.69 Å². The molecule has 0 aliphatic carbocycles. The number of piperazine rings is 1. The van der Waals surface area contributed by atoms with Gasteiger partial charge in [0.1, 0.15) is 30.2 Å². The van der Waals surface area contributed by atoms with E-state index in [1.165, 1.54) is 12.1 Å². The van der Waals surface area contributed by atoms with Crippen molar-refractivity contribution in [1.82, 2.24) is 19.8 Å². The third-order valence-corrected chi connectivity index (χ3v) is 13.1. The first-order valence-corrected chi connectivity index (χ1v) is 19.7. The summed E-state index contributed by atoms with van der Waals surface area (Å²) in [5, 5.41) is 12.0. The molecule has 55 heavy (non-hydrogen) atoms. The van der Waals surface area contributed by atoms with E-state index in [0.29, 0.717) is 81.2 Å². The number of phenolic OH excluding ortho intramolecular Hbond substituents is 1. The van der Waals surface area contributed by atoms with E-state index < -0.39 is 17.5 Å². The minimum Gasteiger partial charge on any atom is -0.508 e. The number of fused-ring (bicyclic) bond motifs is 4. The Balaban J connectivity index is 1.19. The van der Waals surface area contributed by atoms with Gasteiger partial charge in [0.15, 0.2) is 0 Å². The lowest BCUT2D eigenvalue weighted by atomic mass is 9.71. The van der Waals surface area contributed by atoms with Crippen LogP contribution in [0.2, 0.25) is 0 Å². The van der Waals surface area contributed by atoms with Crippen LogP contribution in [0.3, 0.4) is 0 Å². The molecule has 5 atom stereocenters. The van der Waals surface area contributed by atoms with E-state index >= 15 is 8.78 Å². The summed E-state index contributed by atoms with van der Waals surface area (Å²) < 4.78 is 43.1. The number of aromatic nitrogens is 2. The average Bonchev–Trinajstić information content (AvgIpc) is 3.62. The van der Waals surface area contributed by atoms with Crippen molar-refractivity contribution in [2.24, 2.45) is 11.3 Å². The van der Waals surface area contributed by atoms with Crippen molar-refractivity contribution in [1.29, 1.82) is 0 Å². The number of aromatic hydroxyl groups is 1. The number of likely N-dealkylation sites (tertiary alicyclic amines) is 1. The van der Waals surface area contributed by atoms with Crippen LogP contribution in [-0.2, 0) is 22.5 Å². The summed E-state index contributed by atoms with van der Waals surface area (Å²) in [5.41, 5.74) is 1.58. The zero-order chi connectivity index (χ0) is 38.8. The number of hydrogen-bond acceptors (Lipinski definition) is 9. The van der Waals surface area contributed by atoms with Crippen LogP contribution in [0.5, 0.6) is 11.8 Å². The van der Waals surface area contributed by atoms with Gasteiger partial charge in [-0.25, -0.2) is 8.78 Å². The third kappa shape index (κ3) is 6.47. The van der Waals surface area contributed by atoms with Gasteiger partial charge in [-0.1, -0.05) is 46.3 Å². The number of hydrogen-bond donors (Lipinski definition) is 1. The van der Waals surface area contributed by atoms with Crippen molar-refractivity contribution in [2.45, 2.75) is 96.2 Å². The van der Waals surface area contributed by atoms with Gasteiger partial charge in [0.2, 0.25) is 5.91 Å². The zero-order valence-corrected chi connectivity index (χ0v) is 32.4. The van der Waals surface area contributed by atoms with Crippen molar-refractivity contribution in [3.8, 4) is 24.1 Å². The highest BCUT2D eigenvalue weighted by atomic mass is 19.1. The minimum atomic E-state index is -0.985. The predicted octanol–water partition coefficient (Wildman–Crippen LogP) is 6.02. The lowest BCUT2D eigenvalue weighted by molar-refractivity contribution is -0.129. The monoisotopic (exact) mass is 754 g/mol. The van der Waals surface area contributed by atoms with E-state index in [1.807, 2.05) is 4.90 Å². The molecule has 3 aromatic rings. The summed E-state index contributed by atoms with van der Waals surface area (Å²) >= 11 is 0. The molecule has 2 bridgehead atoms. The number of terminal acetylenes is 1. The van der Waals surface area contributed by atoms with E-state index in [1.54, 1.807) is 18.2 Å². The molecule has 4 saturated heterocycles. The van der Waals surface area contributed by atoms with Crippen LogP contribution in [0, 0.1) is 29.5 Å². The Morgan fingerprint density at radius 2 is 1.95 bits per heavy atom. The van der Waals surface area contributed by atoms with Crippen LogP contribution < -0.4 is 14.5 Å². The highest BCUT2D eigenvalue weighted by Crippen LogP contribution is 2.48. The second-order valence-electron chi connectivity index (χ2n) is 17.2. The van der Waals surface area contributed by atoms with Crippen LogP contribution in [0.15, 0.2) is 36.9 Å². The molecule has 5 aliphatic rings. The first-order chi connectivity index (χ1) is 26.3. The summed E-state index contributed by atoms with van der Waals surface area (Å²) in [4.78, 5) is 31.9. The van der Waals surface area contributed by atoms with Gasteiger partial charge in [-0.05, 0) is 60.6 Å². The molecule has 0 radical (unpaired) electrons. The first-order valence-electron chi connectivity index (χ1n) is 19.7. The van der Waals surface area contributed by atoms with Crippen molar-refractivity contribution in [3.63, 3.8) is 0 Å². The molecule has 0 spiro atoms. The fraction of sp³-hybridized carbons (Fsp3) is 0.558. The number of alkyl halides is 1. The molecule has 1 amide bonds. The number of nitrogens with zero attached hydrogens (tertiary/aromatic N) is 6. The Morgan fingerprint density at radius 3 is 2.65 bits per heavy atom. The molecular formula is C43H52F2N6O4. The summed E-state index contributed by atoms with van der Waals surface area (Å²) in [6, 6.07) is 6.61. The first kappa shape index (κ1) is 37.5. The second kappa shape index (κ2) is 14.2. The maximum Gasteiger partial charge on any atom is 0.318 e. The molecule has 1 unspecified atom stereocenters. The van der Waals surface area contributed by atoms with Gasteiger partial charge in [0.05, 0.1) is 35.4 Å². The van der Waals surface area contributed by atoms with Crippen molar-refractivity contribution in [2.75, 3.05) is 55.8 Å². The number of carbonyl (C=O) groups is 1. The van der Waals surface area contributed by atoms with Gasteiger partial charge < -0.3 is 29.3 Å². The molecule has 8 rings (SSSR count). The highest BCUT2D eigenvalue weighted by Gasteiger charge is 2.56. The molecule has 5 aliphatic heterocycles. The molecule has 0 saturated carbocycles. The maximum atomic E-state index is 15.6. The van der Waals surface area contributed by atoms with Gasteiger partial charge in [-0.15, -0.1) is 6.42 Å². The molecule has 12 heteroatoms. The molecule has 1 aromatic heterocycles. The fourth-order valence-electron chi connectivity index (χ4n) is 10.3. The van der Waals surface area contributed by atoms with Gasteiger partial charge in [0, 0.05) is 74.6 Å². The van der Waals surface area contributed by atoms with Crippen molar-refractivity contribution >= 4 is 28.2 Å². The molecular weight excluding hydrogens is 703 g/mol. The Morgan fingerprint density at radius 1 is 1.16 bits per heavy atom. The molecule has 2 aromatic carbocycles. The van der Waals surface area contributed by atoms with Crippen LogP contribution in [0.4, 0.5) is 20.3 Å². The largest absolute Gasteiger partial charge is 0.508 e. The van der Waals surface area contributed by atoms with Crippen LogP contribution in [0.25, 0.3) is 10.8 Å². The van der Waals surface area contributed by atoms with Gasteiger partial charge in [0.25, 0.3) is 0 Å². The minimum absolute atomic E-state index is 0.00669. The summed E-state index contributed by atoms with van der Waals surface area (Å²) in [6.07, 6.45) is 9.76. The van der Waals surface area contributed by atoms with Crippen LogP contribution in [0.1, 0.15) is 70.2 Å². The molecule has 4 fully saturated rings. The Hall–Kier alpha value is -4.47. The number of benzene rings is 2. The lowest BCUT2D eigenvalue weighted by Gasteiger charge is -2.51. The normalized spacial score (nSPS) is 27.3. The third-order valence-electron chi connectivity index (χ3n) is 13.1. The molecule has 10 nitrogen and oxygen atoms in total. The topological polar surface area (TPSA) is 94.5 Å². The Kier molecular flexibility index (Phi) is 9.69. The SMILES string of the molecule is C#Cc1c(F)ccc2cc(O)cc(N3CCc4c(nc(OC[C@]5(C(C)(C)C)C[C@@H](F)CN5C5CCOCC5)nc4N4C[C@H]5CC(C)[C@@H](C4)N5C(=O)C=C)C3)c12. The second-order valence-corrected chi connectivity index (χ2v) is 17.2. The standard InChI is InChI=1S/C43H52F2N6O4/c1-7-32-34(45)10-9-27-18-31(52)19-36(39(27)32)48-14-11-33-35(23-48)46-41(47-40(33)49-22-30-17-26(3)37(24-49)51(30)38(53)8-2)55-25-43(42(4,5)6)20-28(44)21-50(43)29-12-15-54-16-13-29/h1,8-10,18-19,26,28-30,37,52H,2,11-17,20-25H2,3-6H3/t26?,28-,30-,37-,43+/m1/s1. The quantitative estimate of drug-likeness (QED) is 0.230. The lowest BCUT2D eigenvalue weighted by Crippen LogP contribution is -2.61. The molecule has 292 valence electrons. The number of halogens is 2. The molecule has 6 heterocycles. The average molecular weight is 755 g/mol. The number of amides is 1. The Bertz CT molecular complexity index is 2040. The van der Waals surface area contributed by atoms with E-state index in [9.17, 15) is 9.90 Å². The van der Waals surface area contributed by atoms with E-state index in [0.717, 1.165) is 36.3 Å². The highest BCUT2D eigenvalue weighted by molar-refractivity contribution is 6.00. The number of phenols is 1. The van der Waals surface area contributed by atoms with Crippen molar-refractivity contribution < 1.29 is 28.2 Å². The summed E-state index contributed by atoms with van der Waals surface area (Å²) in [5.74, 6) is 3.14. The zero-order valence-electron chi connectivity index (χ0n) is 32.4. The van der Waals surface area contributed by atoms with Gasteiger partial charge in [-0.2, -0.15) is 9.97 Å². The maximum absolute atomic E-state index is 15.6. The van der Waals surface area contributed by atoms with Crippen LogP contribution >= 0.6 is 0 Å². The van der Waals surface area contributed by atoms with E-state index in [2.05, 4.69) is 54.9 Å². The van der Waals surface area contributed by atoms with E-state index in [-0.39, 0.29) is 53.4 Å². The summed E-state index contributed by atoms with van der Waals surface area (Å²) in [6.45, 7) is 16.4. The number of ether oxygens (including phenoxy) is 2. The number of anilines is 2. The van der Waals surface area contributed by atoms with Gasteiger partial charge >= 0.3 is 6.01 Å². The van der Waals surface area contributed by atoms with Crippen LogP contribution in [-0.4, -0.2) is 107 Å². The summed E-state index contributed by atoms with van der Waals surface area (Å²) in [7, 11) is 0. The number of rotatable bonds is 7. The Labute approximate surface area is 322 Å². The smallest absolute Gasteiger partial charge is 0.318 e. The fourth-order valence-corrected chi connectivity index (χ4v) is 10.3. The molecule has 1 N–H and O–H groups in total. The predicted molar refractivity (Wildman–Crippen MR) is 209 cm³/mol.